The quantitative estimate of drug-likeness (QED) is 0.624. The van der Waals surface area contributed by atoms with Gasteiger partial charge in [-0.2, -0.15) is 0 Å². The summed E-state index contributed by atoms with van der Waals surface area (Å²) in [5.74, 6) is 1.09. The van der Waals surface area contributed by atoms with Crippen molar-refractivity contribution >= 4 is 23.4 Å². The van der Waals surface area contributed by atoms with Crippen LogP contribution in [0.5, 0.6) is 11.5 Å². The Labute approximate surface area is 199 Å². The molecule has 1 aliphatic heterocycles. The summed E-state index contributed by atoms with van der Waals surface area (Å²) in [5, 5.41) is 5.94. The lowest BCUT2D eigenvalue weighted by Gasteiger charge is -2.31. The highest BCUT2D eigenvalue weighted by molar-refractivity contribution is 5.95. The van der Waals surface area contributed by atoms with Gasteiger partial charge >= 0.3 is 0 Å². The van der Waals surface area contributed by atoms with Gasteiger partial charge in [-0.15, -0.1) is 0 Å². The maximum atomic E-state index is 13.0. The highest BCUT2D eigenvalue weighted by Crippen LogP contribution is 2.30. The van der Waals surface area contributed by atoms with Crippen LogP contribution in [0, 0.1) is 11.8 Å². The van der Waals surface area contributed by atoms with Crippen LogP contribution in [0.25, 0.3) is 0 Å². The molecule has 4 rings (SSSR count). The number of carbonyl (C=O) groups is 3. The number of hydrogen-bond donors (Lipinski definition) is 2. The molecule has 8 heteroatoms. The average Bonchev–Trinajstić information content (AvgIpc) is 3.72. The predicted octanol–water partition coefficient (Wildman–Crippen LogP) is 3.22. The van der Waals surface area contributed by atoms with Crippen LogP contribution >= 0.6 is 0 Å². The summed E-state index contributed by atoms with van der Waals surface area (Å²) in [6.45, 7) is 1.42. The van der Waals surface area contributed by atoms with E-state index in [0.29, 0.717) is 49.5 Å². The van der Waals surface area contributed by atoms with Gasteiger partial charge in [0, 0.05) is 48.8 Å². The first-order valence-electron chi connectivity index (χ1n) is 11.7. The molecule has 2 N–H and O–H groups in total. The van der Waals surface area contributed by atoms with Crippen molar-refractivity contribution in [3.63, 3.8) is 0 Å². The highest BCUT2D eigenvalue weighted by atomic mass is 16.5. The minimum atomic E-state index is -0.137. The van der Waals surface area contributed by atoms with Gasteiger partial charge in [-0.05, 0) is 55.5 Å². The first kappa shape index (κ1) is 23.6. The molecule has 2 fully saturated rings. The molecule has 1 saturated carbocycles. The number of nitrogens with one attached hydrogen (secondary N) is 2. The van der Waals surface area contributed by atoms with E-state index in [9.17, 15) is 14.4 Å². The third kappa shape index (κ3) is 5.87. The third-order valence-corrected chi connectivity index (χ3v) is 6.36. The first-order valence-corrected chi connectivity index (χ1v) is 11.7. The van der Waals surface area contributed by atoms with Gasteiger partial charge in [-0.25, -0.2) is 0 Å². The lowest BCUT2D eigenvalue weighted by molar-refractivity contribution is -0.126. The maximum absolute atomic E-state index is 13.0. The SMILES string of the molecule is COc1cc(OC)cc(C(=O)N2CCC(C(=O)NCc3cccc(NC(=O)C4CC4)c3)CC2)c1. The van der Waals surface area contributed by atoms with E-state index in [1.165, 1.54) is 0 Å². The molecule has 3 amide bonds. The highest BCUT2D eigenvalue weighted by Gasteiger charge is 2.30. The molecule has 0 radical (unpaired) electrons. The Morgan fingerprint density at radius 1 is 0.882 bits per heavy atom. The number of anilines is 1. The second kappa shape index (κ2) is 10.6. The number of rotatable bonds is 8. The monoisotopic (exact) mass is 465 g/mol. The number of benzene rings is 2. The molecule has 2 aliphatic rings. The van der Waals surface area contributed by atoms with Gasteiger partial charge in [-0.3, -0.25) is 14.4 Å². The van der Waals surface area contributed by atoms with Crippen LogP contribution in [-0.4, -0.2) is 49.9 Å². The van der Waals surface area contributed by atoms with Gasteiger partial charge in [0.25, 0.3) is 5.91 Å². The van der Waals surface area contributed by atoms with Crippen molar-refractivity contribution in [1.82, 2.24) is 10.2 Å². The lowest BCUT2D eigenvalue weighted by Crippen LogP contribution is -2.42. The molecule has 34 heavy (non-hydrogen) atoms. The number of carbonyl (C=O) groups excluding carboxylic acids is 3. The second-order valence-electron chi connectivity index (χ2n) is 8.85. The molecule has 1 saturated heterocycles. The number of ether oxygens (including phenoxy) is 2. The molecule has 0 unspecified atom stereocenters. The van der Waals surface area contributed by atoms with Crippen molar-refractivity contribution in [2.75, 3.05) is 32.6 Å². The first-order chi connectivity index (χ1) is 16.5. The van der Waals surface area contributed by atoms with E-state index in [1.807, 2.05) is 24.3 Å². The fourth-order valence-electron chi connectivity index (χ4n) is 4.14. The van der Waals surface area contributed by atoms with Gasteiger partial charge in [0.15, 0.2) is 0 Å². The zero-order chi connectivity index (χ0) is 24.1. The van der Waals surface area contributed by atoms with Crippen molar-refractivity contribution in [2.45, 2.75) is 32.2 Å². The smallest absolute Gasteiger partial charge is 0.254 e. The minimum absolute atomic E-state index is 0.0115. The number of likely N-dealkylation sites (tertiary alicyclic amines) is 1. The van der Waals surface area contributed by atoms with E-state index in [1.54, 1.807) is 37.3 Å². The minimum Gasteiger partial charge on any atom is -0.497 e. The number of piperidine rings is 1. The van der Waals surface area contributed by atoms with Gasteiger partial charge in [0.2, 0.25) is 11.8 Å². The Kier molecular flexibility index (Phi) is 7.35. The molecule has 1 aliphatic carbocycles. The fraction of sp³-hybridized carbons (Fsp3) is 0.423. The normalized spacial score (nSPS) is 16.0. The van der Waals surface area contributed by atoms with Gasteiger partial charge in [0.05, 0.1) is 14.2 Å². The summed E-state index contributed by atoms with van der Waals surface area (Å²) in [6.07, 6.45) is 3.13. The van der Waals surface area contributed by atoms with Gasteiger partial charge in [0.1, 0.15) is 11.5 Å². The van der Waals surface area contributed by atoms with Crippen LogP contribution in [0.1, 0.15) is 41.6 Å². The predicted molar refractivity (Wildman–Crippen MR) is 128 cm³/mol. The Balaban J connectivity index is 1.27. The molecular formula is C26H31N3O5. The topological polar surface area (TPSA) is 97.0 Å². The van der Waals surface area contributed by atoms with Crippen LogP contribution in [-0.2, 0) is 16.1 Å². The Hall–Kier alpha value is -3.55. The number of hydrogen-bond acceptors (Lipinski definition) is 5. The molecule has 1 heterocycles. The van der Waals surface area contributed by atoms with Crippen LogP contribution < -0.4 is 20.1 Å². The summed E-state index contributed by atoms with van der Waals surface area (Å²) < 4.78 is 10.5. The van der Waals surface area contributed by atoms with Crippen LogP contribution in [0.15, 0.2) is 42.5 Å². The molecular weight excluding hydrogens is 434 g/mol. The van der Waals surface area contributed by atoms with Gasteiger partial charge in [-0.1, -0.05) is 12.1 Å². The Bertz CT molecular complexity index is 1040. The summed E-state index contributed by atoms with van der Waals surface area (Å²) in [7, 11) is 3.10. The maximum Gasteiger partial charge on any atom is 0.254 e. The number of methoxy groups -OCH3 is 2. The van der Waals surface area contributed by atoms with Crippen molar-refractivity contribution in [2.24, 2.45) is 11.8 Å². The van der Waals surface area contributed by atoms with E-state index < -0.39 is 0 Å². The number of nitrogens with zero attached hydrogens (tertiary/aromatic N) is 1. The van der Waals surface area contributed by atoms with Crippen LogP contribution in [0.4, 0.5) is 5.69 Å². The van der Waals surface area contributed by atoms with E-state index in [2.05, 4.69) is 10.6 Å². The molecule has 2 aromatic rings. The Morgan fingerprint density at radius 3 is 2.15 bits per heavy atom. The van der Waals surface area contributed by atoms with E-state index in [4.69, 9.17) is 9.47 Å². The molecule has 0 spiro atoms. The Morgan fingerprint density at radius 2 is 1.53 bits per heavy atom. The van der Waals surface area contributed by atoms with Gasteiger partial charge < -0.3 is 25.0 Å². The second-order valence-corrected chi connectivity index (χ2v) is 8.85. The molecule has 2 aromatic carbocycles. The molecule has 0 bridgehead atoms. The zero-order valence-corrected chi connectivity index (χ0v) is 19.6. The van der Waals surface area contributed by atoms with Crippen molar-refractivity contribution in [3.05, 3.63) is 53.6 Å². The lowest BCUT2D eigenvalue weighted by atomic mass is 9.95. The summed E-state index contributed by atoms with van der Waals surface area (Å²) in [5.41, 5.74) is 2.19. The van der Waals surface area contributed by atoms with Crippen molar-refractivity contribution in [1.29, 1.82) is 0 Å². The summed E-state index contributed by atoms with van der Waals surface area (Å²) >= 11 is 0. The largest absolute Gasteiger partial charge is 0.497 e. The number of amides is 3. The summed E-state index contributed by atoms with van der Waals surface area (Å²) in [6, 6.07) is 12.7. The van der Waals surface area contributed by atoms with E-state index in [0.717, 1.165) is 24.1 Å². The molecule has 8 nitrogen and oxygen atoms in total. The van der Waals surface area contributed by atoms with Crippen LogP contribution in [0.3, 0.4) is 0 Å². The third-order valence-electron chi connectivity index (χ3n) is 6.36. The molecule has 0 atom stereocenters. The van der Waals surface area contributed by atoms with Crippen molar-refractivity contribution < 1.29 is 23.9 Å². The molecule has 180 valence electrons. The molecule has 0 aromatic heterocycles. The van der Waals surface area contributed by atoms with Crippen molar-refractivity contribution in [3.8, 4) is 11.5 Å². The standard InChI is InChI=1S/C26H31N3O5/c1-33-22-13-20(14-23(15-22)34-2)26(32)29-10-8-19(9-11-29)24(30)27-16-17-4-3-5-21(12-17)28-25(31)18-6-7-18/h3-5,12-15,18-19H,6-11,16H2,1-2H3,(H,27,30)(H,28,31). The fourth-order valence-corrected chi connectivity index (χ4v) is 4.14. The average molecular weight is 466 g/mol. The zero-order valence-electron chi connectivity index (χ0n) is 19.6. The van der Waals surface area contributed by atoms with E-state index >= 15 is 0 Å². The summed E-state index contributed by atoms with van der Waals surface area (Å²) in [4.78, 5) is 39.4. The van der Waals surface area contributed by atoms with E-state index in [-0.39, 0.29) is 29.6 Å². The van der Waals surface area contributed by atoms with Crippen LogP contribution in [0.2, 0.25) is 0 Å².